The number of nitrogens with zero attached hydrogens (tertiary/aromatic N) is 3. The zero-order valence-corrected chi connectivity index (χ0v) is 35.4. The van der Waals surface area contributed by atoms with E-state index in [4.69, 9.17) is 14.2 Å². The molecule has 60 heavy (non-hydrogen) atoms. The molecule has 0 N–H and O–H groups in total. The third-order valence-electron chi connectivity index (χ3n) is 10.5. The molecule has 1 heterocycles. The van der Waals surface area contributed by atoms with Gasteiger partial charge in [-0.05, 0) is 70.8 Å². The molecular formula is C45H54F3N3O9. The van der Waals surface area contributed by atoms with Crippen molar-refractivity contribution in [3.8, 4) is 0 Å². The first-order valence-corrected chi connectivity index (χ1v) is 19.8. The molecular weight excluding hydrogens is 784 g/mol. The van der Waals surface area contributed by atoms with Crippen LogP contribution in [0.3, 0.4) is 0 Å². The number of carbonyl (C=O) groups is 6. The summed E-state index contributed by atoms with van der Waals surface area (Å²) in [6.45, 7) is 9.61. The monoisotopic (exact) mass is 837 g/mol. The van der Waals surface area contributed by atoms with Crippen molar-refractivity contribution in [2.24, 2.45) is 17.8 Å². The molecule has 0 saturated carbocycles. The van der Waals surface area contributed by atoms with Crippen molar-refractivity contribution < 1.29 is 56.1 Å². The molecule has 12 nitrogen and oxygen atoms in total. The first-order valence-electron chi connectivity index (χ1n) is 19.8. The molecule has 0 radical (unpaired) electrons. The highest BCUT2D eigenvalue weighted by molar-refractivity contribution is 5.94. The van der Waals surface area contributed by atoms with Crippen molar-refractivity contribution in [2.75, 3.05) is 21.1 Å². The van der Waals surface area contributed by atoms with E-state index >= 15 is 0 Å². The number of carbonyl (C=O) groups excluding carboxylic acids is 6. The Kier molecular flexibility index (Phi) is 16.0. The zero-order valence-electron chi connectivity index (χ0n) is 35.4. The minimum atomic E-state index is -1.54. The maximum atomic E-state index is 14.4. The van der Waals surface area contributed by atoms with E-state index in [1.54, 1.807) is 41.5 Å². The number of likely N-dealkylation sites (N-methyl/N-ethyl adjacent to an activating group) is 3. The van der Waals surface area contributed by atoms with Gasteiger partial charge in [0.15, 0.2) is 18.3 Å². The molecule has 1 saturated heterocycles. The van der Waals surface area contributed by atoms with Gasteiger partial charge in [-0.15, -0.1) is 0 Å². The maximum Gasteiger partial charge on any atom is 0.329 e. The van der Waals surface area contributed by atoms with Crippen LogP contribution in [0.5, 0.6) is 0 Å². The number of hydrogen-bond donors (Lipinski definition) is 0. The Morgan fingerprint density at radius 1 is 0.450 bits per heavy atom. The van der Waals surface area contributed by atoms with Crippen LogP contribution in [0.15, 0.2) is 72.8 Å². The lowest BCUT2D eigenvalue weighted by Crippen LogP contribution is -2.56. The summed E-state index contributed by atoms with van der Waals surface area (Å²) >= 11 is 0. The predicted molar refractivity (Wildman–Crippen MR) is 214 cm³/mol. The van der Waals surface area contributed by atoms with Crippen molar-refractivity contribution in [2.45, 2.75) is 97.2 Å². The molecule has 3 aromatic carbocycles. The number of halogens is 3. The summed E-state index contributed by atoms with van der Waals surface area (Å²) < 4.78 is 61.0. The van der Waals surface area contributed by atoms with E-state index < -0.39 is 107 Å². The highest BCUT2D eigenvalue weighted by atomic mass is 19.1. The van der Waals surface area contributed by atoms with E-state index in [9.17, 15) is 41.9 Å². The number of hydrogen-bond acceptors (Lipinski definition) is 9. The van der Waals surface area contributed by atoms with Crippen LogP contribution in [0.2, 0.25) is 0 Å². The average molecular weight is 838 g/mol. The number of amides is 3. The van der Waals surface area contributed by atoms with E-state index in [2.05, 4.69) is 0 Å². The Morgan fingerprint density at radius 2 is 0.683 bits per heavy atom. The lowest BCUT2D eigenvalue weighted by atomic mass is 9.99. The van der Waals surface area contributed by atoms with Crippen LogP contribution in [0.25, 0.3) is 0 Å². The fourth-order valence-electron chi connectivity index (χ4n) is 6.89. The second-order valence-electron chi connectivity index (χ2n) is 16.2. The highest BCUT2D eigenvalue weighted by Crippen LogP contribution is 2.24. The maximum absolute atomic E-state index is 14.4. The summed E-state index contributed by atoms with van der Waals surface area (Å²) in [5, 5.41) is 0. The molecule has 4 rings (SSSR count). The van der Waals surface area contributed by atoms with Crippen molar-refractivity contribution in [3.05, 3.63) is 107 Å². The van der Waals surface area contributed by atoms with Crippen LogP contribution < -0.4 is 0 Å². The van der Waals surface area contributed by atoms with Crippen LogP contribution in [0.4, 0.5) is 13.2 Å². The Balaban J connectivity index is 1.91. The minimum Gasteiger partial charge on any atom is -0.450 e. The van der Waals surface area contributed by atoms with Gasteiger partial charge >= 0.3 is 17.9 Å². The summed E-state index contributed by atoms with van der Waals surface area (Å²) in [5.74, 6) is -9.62. The summed E-state index contributed by atoms with van der Waals surface area (Å²) in [5.41, 5.74) is 0.901. The number of rotatable bonds is 9. The number of esters is 3. The van der Waals surface area contributed by atoms with Crippen molar-refractivity contribution in [1.82, 2.24) is 14.7 Å². The summed E-state index contributed by atoms with van der Waals surface area (Å²) in [7, 11) is 3.85. The quantitative estimate of drug-likeness (QED) is 0.207. The van der Waals surface area contributed by atoms with E-state index in [0.717, 1.165) is 14.7 Å². The molecule has 0 spiro atoms. The summed E-state index contributed by atoms with van der Waals surface area (Å²) in [6, 6.07) is 11.5. The fourth-order valence-corrected chi connectivity index (χ4v) is 6.89. The molecule has 3 aromatic rings. The molecule has 6 atom stereocenters. The summed E-state index contributed by atoms with van der Waals surface area (Å²) in [6.07, 6.45) is -5.47. The minimum absolute atomic E-state index is 0.281. The second kappa shape index (κ2) is 20.5. The standard InChI is InChI=1S/C45H54F3N3O9/c1-25(2)37-40(52)49(7)35(23-29-14-11-17-32(47)20-29)44(56)59-39(27(5)6)42(54)51(9)36(24-30-15-12-18-33(48)21-30)45(57)60-38(26(3)4)41(53)50(8)34(43(55)58-37)22-28-13-10-16-31(46)19-28/h10-21,25-27,34-39H,22-24H2,1-9H3/t34-,35-,36-,37+,38+,39+/m0/s1. The molecule has 0 aromatic heterocycles. The number of ether oxygens (including phenoxy) is 3. The zero-order chi connectivity index (χ0) is 44.6. The van der Waals surface area contributed by atoms with E-state index in [-0.39, 0.29) is 19.3 Å². The molecule has 0 aliphatic carbocycles. The topological polar surface area (TPSA) is 140 Å². The third-order valence-corrected chi connectivity index (χ3v) is 10.5. The van der Waals surface area contributed by atoms with Gasteiger partial charge in [0.25, 0.3) is 17.7 Å². The van der Waals surface area contributed by atoms with Gasteiger partial charge in [-0.25, -0.2) is 27.6 Å². The smallest absolute Gasteiger partial charge is 0.329 e. The molecule has 3 amide bonds. The van der Waals surface area contributed by atoms with Crippen LogP contribution in [0.1, 0.15) is 58.2 Å². The van der Waals surface area contributed by atoms with Crippen molar-refractivity contribution in [1.29, 1.82) is 0 Å². The third kappa shape index (κ3) is 11.7. The van der Waals surface area contributed by atoms with Crippen LogP contribution >= 0.6 is 0 Å². The molecule has 15 heteroatoms. The molecule has 0 unspecified atom stereocenters. The fraction of sp³-hybridized carbons (Fsp3) is 0.467. The van der Waals surface area contributed by atoms with Crippen LogP contribution in [-0.2, 0) is 62.2 Å². The normalized spacial score (nSPS) is 23.1. The van der Waals surface area contributed by atoms with Gasteiger partial charge in [-0.2, -0.15) is 0 Å². The Hall–Kier alpha value is -5.73. The van der Waals surface area contributed by atoms with Gasteiger partial charge in [0.05, 0.1) is 0 Å². The largest absolute Gasteiger partial charge is 0.450 e. The van der Waals surface area contributed by atoms with E-state index in [0.29, 0.717) is 16.7 Å². The predicted octanol–water partition coefficient (Wildman–Crippen LogP) is 5.33. The average Bonchev–Trinajstić information content (AvgIpc) is 3.18. The van der Waals surface area contributed by atoms with Crippen LogP contribution in [0, 0.1) is 35.2 Å². The lowest BCUT2D eigenvalue weighted by molar-refractivity contribution is -0.179. The van der Waals surface area contributed by atoms with Crippen molar-refractivity contribution in [3.63, 3.8) is 0 Å². The van der Waals surface area contributed by atoms with E-state index in [1.165, 1.54) is 93.9 Å². The van der Waals surface area contributed by atoms with Gasteiger partial charge in [-0.1, -0.05) is 77.9 Å². The number of cyclic esters (lactones) is 3. The van der Waals surface area contributed by atoms with Gasteiger partial charge in [0.1, 0.15) is 35.6 Å². The molecule has 324 valence electrons. The van der Waals surface area contributed by atoms with Gasteiger partial charge < -0.3 is 28.9 Å². The van der Waals surface area contributed by atoms with Crippen LogP contribution in [-0.4, -0.2) is 108 Å². The summed E-state index contributed by atoms with van der Waals surface area (Å²) in [4.78, 5) is 89.2. The van der Waals surface area contributed by atoms with Gasteiger partial charge in [0, 0.05) is 40.4 Å². The SMILES string of the molecule is CC(C)[C@H]1OC(=O)[C@H](Cc2cccc(F)c2)N(C)C(=O)[C@@H](C(C)C)OC(=O)[C@H](Cc2cccc(F)c2)N(C)C(=O)[C@@H](C(C)C)OC(=O)[C@H](Cc2cccc(F)c2)N(C)C1=O. The Morgan fingerprint density at radius 3 is 0.883 bits per heavy atom. The van der Waals surface area contributed by atoms with E-state index in [1.807, 2.05) is 0 Å². The molecule has 1 aliphatic rings. The van der Waals surface area contributed by atoms with Gasteiger partial charge in [0.2, 0.25) is 0 Å². The lowest BCUT2D eigenvalue weighted by Gasteiger charge is -2.37. The second-order valence-corrected chi connectivity index (χ2v) is 16.2. The van der Waals surface area contributed by atoms with Gasteiger partial charge in [-0.3, -0.25) is 14.4 Å². The Bertz CT molecular complexity index is 1820. The number of benzene rings is 3. The first kappa shape index (κ1) is 47.0. The first-order chi connectivity index (χ1) is 28.2. The van der Waals surface area contributed by atoms with Crippen molar-refractivity contribution >= 4 is 35.6 Å². The Labute approximate surface area is 348 Å². The molecule has 0 bridgehead atoms. The molecule has 1 aliphatic heterocycles. The molecule has 1 fully saturated rings. The highest BCUT2D eigenvalue weighted by Gasteiger charge is 2.44.